The van der Waals surface area contributed by atoms with Crippen molar-refractivity contribution in [3.05, 3.63) is 35.9 Å². The van der Waals surface area contributed by atoms with Crippen LogP contribution in [0.4, 0.5) is 9.59 Å². The van der Waals surface area contributed by atoms with Crippen LogP contribution in [0.15, 0.2) is 30.3 Å². The van der Waals surface area contributed by atoms with Crippen molar-refractivity contribution in [2.45, 2.75) is 64.3 Å². The highest BCUT2D eigenvalue weighted by Crippen LogP contribution is 2.46. The van der Waals surface area contributed by atoms with Gasteiger partial charge in [0.2, 0.25) is 0 Å². The minimum absolute atomic E-state index is 0.106. The molecule has 2 fully saturated rings. The SMILES string of the molecule is C[C@@H]1CN(C(=O)OCc2ccccc2)CC2(CC2)N1C(=O)OC(C)(C)C. The third-order valence-electron chi connectivity index (χ3n) is 4.80. The maximum Gasteiger partial charge on any atom is 0.411 e. The van der Waals surface area contributed by atoms with Crippen molar-refractivity contribution < 1.29 is 19.1 Å². The fourth-order valence-electron chi connectivity index (χ4n) is 3.54. The van der Waals surface area contributed by atoms with Gasteiger partial charge in [-0.25, -0.2) is 9.59 Å². The van der Waals surface area contributed by atoms with Gasteiger partial charge in [-0.15, -0.1) is 0 Å². The van der Waals surface area contributed by atoms with Crippen LogP contribution in [0.1, 0.15) is 46.1 Å². The Kier molecular flexibility index (Phi) is 4.86. The molecule has 1 spiro atoms. The van der Waals surface area contributed by atoms with E-state index in [-0.39, 0.29) is 30.4 Å². The topological polar surface area (TPSA) is 59.1 Å². The normalized spacial score (nSPS) is 21.5. The van der Waals surface area contributed by atoms with Gasteiger partial charge in [0.25, 0.3) is 0 Å². The van der Waals surface area contributed by atoms with Crippen molar-refractivity contribution in [3.8, 4) is 0 Å². The van der Waals surface area contributed by atoms with E-state index in [1.54, 1.807) is 4.90 Å². The summed E-state index contributed by atoms with van der Waals surface area (Å²) in [7, 11) is 0. The summed E-state index contributed by atoms with van der Waals surface area (Å²) in [6.45, 7) is 8.78. The van der Waals surface area contributed by atoms with E-state index in [0.29, 0.717) is 13.1 Å². The van der Waals surface area contributed by atoms with Crippen LogP contribution < -0.4 is 0 Å². The van der Waals surface area contributed by atoms with E-state index in [9.17, 15) is 9.59 Å². The molecule has 0 unspecified atom stereocenters. The maximum absolute atomic E-state index is 12.6. The summed E-state index contributed by atoms with van der Waals surface area (Å²) < 4.78 is 11.0. The van der Waals surface area contributed by atoms with Crippen molar-refractivity contribution in [3.63, 3.8) is 0 Å². The average molecular weight is 360 g/mol. The fraction of sp³-hybridized carbons (Fsp3) is 0.600. The van der Waals surface area contributed by atoms with E-state index in [4.69, 9.17) is 9.47 Å². The molecule has 142 valence electrons. The molecule has 1 heterocycles. The third kappa shape index (κ3) is 4.11. The van der Waals surface area contributed by atoms with Crippen LogP contribution >= 0.6 is 0 Å². The summed E-state index contributed by atoms with van der Waals surface area (Å²) >= 11 is 0. The second kappa shape index (κ2) is 6.82. The van der Waals surface area contributed by atoms with Gasteiger partial charge in [-0.1, -0.05) is 30.3 Å². The molecule has 2 aliphatic rings. The summed E-state index contributed by atoms with van der Waals surface area (Å²) in [5, 5.41) is 0. The highest BCUT2D eigenvalue weighted by molar-refractivity contribution is 5.73. The number of piperazine rings is 1. The van der Waals surface area contributed by atoms with Gasteiger partial charge in [0.05, 0.1) is 11.6 Å². The van der Waals surface area contributed by atoms with E-state index >= 15 is 0 Å². The van der Waals surface area contributed by atoms with Crippen LogP contribution in [-0.4, -0.2) is 52.3 Å². The Morgan fingerprint density at radius 1 is 1.15 bits per heavy atom. The molecule has 6 nitrogen and oxygen atoms in total. The molecular weight excluding hydrogens is 332 g/mol. The Morgan fingerprint density at radius 2 is 1.81 bits per heavy atom. The van der Waals surface area contributed by atoms with Gasteiger partial charge in [0.1, 0.15) is 12.2 Å². The first-order valence-corrected chi connectivity index (χ1v) is 9.18. The Bertz CT molecular complexity index is 664. The lowest BCUT2D eigenvalue weighted by Crippen LogP contribution is -2.63. The van der Waals surface area contributed by atoms with Gasteiger partial charge in [0.15, 0.2) is 0 Å². The molecule has 0 aromatic heterocycles. The summed E-state index contributed by atoms with van der Waals surface area (Å²) in [6, 6.07) is 9.52. The predicted molar refractivity (Wildman–Crippen MR) is 97.7 cm³/mol. The number of nitrogens with zero attached hydrogens (tertiary/aromatic N) is 2. The molecule has 1 aliphatic heterocycles. The number of amides is 2. The number of carbonyl (C=O) groups is 2. The van der Waals surface area contributed by atoms with Gasteiger partial charge in [-0.3, -0.25) is 4.90 Å². The lowest BCUT2D eigenvalue weighted by Gasteiger charge is -2.45. The second-order valence-electron chi connectivity index (χ2n) is 8.34. The van der Waals surface area contributed by atoms with Gasteiger partial charge < -0.3 is 14.4 Å². The minimum Gasteiger partial charge on any atom is -0.445 e. The van der Waals surface area contributed by atoms with E-state index < -0.39 is 5.60 Å². The smallest absolute Gasteiger partial charge is 0.411 e. The van der Waals surface area contributed by atoms with Crippen molar-refractivity contribution in [1.29, 1.82) is 0 Å². The summed E-state index contributed by atoms with van der Waals surface area (Å²) in [5.41, 5.74) is 0.132. The van der Waals surface area contributed by atoms with E-state index in [1.807, 2.05) is 62.9 Å². The first-order valence-electron chi connectivity index (χ1n) is 9.18. The van der Waals surface area contributed by atoms with Crippen LogP contribution in [0.25, 0.3) is 0 Å². The Labute approximate surface area is 155 Å². The molecule has 1 saturated heterocycles. The molecule has 1 atom stereocenters. The molecule has 1 aromatic carbocycles. The average Bonchev–Trinajstić information content (AvgIpc) is 3.30. The summed E-state index contributed by atoms with van der Waals surface area (Å²) in [6.07, 6.45) is 1.16. The largest absolute Gasteiger partial charge is 0.445 e. The second-order valence-corrected chi connectivity index (χ2v) is 8.34. The van der Waals surface area contributed by atoms with Crippen LogP contribution in [0.3, 0.4) is 0 Å². The van der Waals surface area contributed by atoms with Crippen LogP contribution in [0, 0.1) is 0 Å². The van der Waals surface area contributed by atoms with Crippen molar-refractivity contribution in [2.75, 3.05) is 13.1 Å². The molecule has 6 heteroatoms. The molecule has 0 radical (unpaired) electrons. The van der Waals surface area contributed by atoms with Crippen LogP contribution in [-0.2, 0) is 16.1 Å². The lowest BCUT2D eigenvalue weighted by atomic mass is 10.1. The van der Waals surface area contributed by atoms with E-state index in [0.717, 1.165) is 18.4 Å². The van der Waals surface area contributed by atoms with E-state index in [2.05, 4.69) is 0 Å². The number of hydrogen-bond donors (Lipinski definition) is 0. The fourth-order valence-corrected chi connectivity index (χ4v) is 3.54. The van der Waals surface area contributed by atoms with Crippen LogP contribution in [0.5, 0.6) is 0 Å². The van der Waals surface area contributed by atoms with Gasteiger partial charge in [0, 0.05) is 13.1 Å². The number of benzene rings is 1. The van der Waals surface area contributed by atoms with Gasteiger partial charge >= 0.3 is 12.2 Å². The van der Waals surface area contributed by atoms with Crippen molar-refractivity contribution in [1.82, 2.24) is 9.80 Å². The Morgan fingerprint density at radius 3 is 2.38 bits per heavy atom. The Balaban J connectivity index is 1.62. The number of rotatable bonds is 2. The van der Waals surface area contributed by atoms with Gasteiger partial charge in [-0.05, 0) is 46.1 Å². The van der Waals surface area contributed by atoms with E-state index in [1.165, 1.54) is 0 Å². The monoisotopic (exact) mass is 360 g/mol. The number of ether oxygens (including phenoxy) is 2. The molecule has 1 aromatic rings. The standard InChI is InChI=1S/C20H28N2O4/c1-15-12-21(17(23)25-13-16-8-6-5-7-9-16)14-20(10-11-20)22(15)18(24)26-19(2,3)4/h5-9,15H,10-14H2,1-4H3/t15-/m1/s1. The summed E-state index contributed by atoms with van der Waals surface area (Å²) in [5.74, 6) is 0. The van der Waals surface area contributed by atoms with Gasteiger partial charge in [-0.2, -0.15) is 0 Å². The molecule has 2 amide bonds. The molecule has 0 bridgehead atoms. The Hall–Kier alpha value is -2.24. The maximum atomic E-state index is 12.6. The predicted octanol–water partition coefficient (Wildman–Crippen LogP) is 3.80. The molecule has 1 saturated carbocycles. The highest BCUT2D eigenvalue weighted by atomic mass is 16.6. The first-order chi connectivity index (χ1) is 12.2. The minimum atomic E-state index is -0.529. The van der Waals surface area contributed by atoms with Crippen molar-refractivity contribution in [2.24, 2.45) is 0 Å². The molecular formula is C20H28N2O4. The number of carbonyl (C=O) groups excluding carboxylic acids is 2. The lowest BCUT2D eigenvalue weighted by molar-refractivity contribution is -0.0257. The number of hydrogen-bond acceptors (Lipinski definition) is 4. The first kappa shape index (κ1) is 18.5. The van der Waals surface area contributed by atoms with Crippen molar-refractivity contribution >= 4 is 12.2 Å². The zero-order chi connectivity index (χ0) is 18.9. The quantitative estimate of drug-likeness (QED) is 0.805. The third-order valence-corrected chi connectivity index (χ3v) is 4.80. The summed E-state index contributed by atoms with van der Waals surface area (Å²) in [4.78, 5) is 28.7. The molecule has 1 aliphatic carbocycles. The molecule has 0 N–H and O–H groups in total. The zero-order valence-electron chi connectivity index (χ0n) is 16.0. The van der Waals surface area contributed by atoms with Crippen LogP contribution in [0.2, 0.25) is 0 Å². The zero-order valence-corrected chi connectivity index (χ0v) is 16.0. The molecule has 3 rings (SSSR count). The molecule has 26 heavy (non-hydrogen) atoms. The highest BCUT2D eigenvalue weighted by Gasteiger charge is 2.57.